The van der Waals surface area contributed by atoms with Crippen LogP contribution in [-0.2, 0) is 11.2 Å². The second-order valence-corrected chi connectivity index (χ2v) is 8.25. The molecule has 1 amide bonds. The number of carbonyl (C=O) groups excluding carboxylic acids is 1. The van der Waals surface area contributed by atoms with Crippen LogP contribution in [0.25, 0.3) is 6.08 Å². The summed E-state index contributed by atoms with van der Waals surface area (Å²) < 4.78 is 0. The lowest BCUT2D eigenvalue weighted by molar-refractivity contribution is -0.113. The molecule has 1 aromatic rings. The number of fused-ring (bicyclic) bond motifs is 5. The molecule has 0 radical (unpaired) electrons. The van der Waals surface area contributed by atoms with E-state index >= 15 is 0 Å². The molecule has 3 nitrogen and oxygen atoms in total. The summed E-state index contributed by atoms with van der Waals surface area (Å²) in [5, 5.41) is 10.5. The van der Waals surface area contributed by atoms with Crippen molar-refractivity contribution in [3.8, 4) is 0 Å². The maximum atomic E-state index is 10.9. The van der Waals surface area contributed by atoms with Gasteiger partial charge in [0.15, 0.2) is 0 Å². The Morgan fingerprint density at radius 1 is 1.29 bits per heavy atom. The Balaban J connectivity index is 1.62. The topological polar surface area (TPSA) is 63.3 Å². The van der Waals surface area contributed by atoms with Crippen molar-refractivity contribution in [2.75, 3.05) is 0 Å². The molecule has 0 aromatic heterocycles. The van der Waals surface area contributed by atoms with Crippen molar-refractivity contribution in [2.45, 2.75) is 57.5 Å². The summed E-state index contributed by atoms with van der Waals surface area (Å²) in [6.45, 7) is 2.32. The first-order valence-corrected chi connectivity index (χ1v) is 9.27. The van der Waals surface area contributed by atoms with E-state index in [1.54, 1.807) is 6.08 Å². The first kappa shape index (κ1) is 15.9. The van der Waals surface area contributed by atoms with E-state index in [2.05, 4.69) is 25.1 Å². The third-order valence-electron chi connectivity index (χ3n) is 7.14. The predicted molar refractivity (Wildman–Crippen MR) is 95.3 cm³/mol. The molecule has 1 aromatic carbocycles. The van der Waals surface area contributed by atoms with E-state index in [4.69, 9.17) is 5.73 Å². The van der Waals surface area contributed by atoms with Crippen LogP contribution >= 0.6 is 0 Å². The molecule has 0 aliphatic heterocycles. The summed E-state index contributed by atoms with van der Waals surface area (Å²) in [6.07, 6.45) is 9.97. The zero-order chi connectivity index (χ0) is 16.9. The number of hydrogen-bond donors (Lipinski definition) is 2. The molecule has 5 atom stereocenters. The number of nitrogens with two attached hydrogens (primary N) is 1. The number of aryl methyl sites for hydroxylation is 1. The normalized spacial score (nSPS) is 37.8. The SMILES string of the molecule is C[C@]12CC[C@@H]3c4ccc(/C=C/C(N)=O)cc4CC[C@H]3[C@@H]1CC[C@@H]2O. The first-order valence-electron chi connectivity index (χ1n) is 9.27. The van der Waals surface area contributed by atoms with Crippen LogP contribution in [0.4, 0.5) is 0 Å². The van der Waals surface area contributed by atoms with Crippen LogP contribution in [0.5, 0.6) is 0 Å². The molecule has 3 aliphatic rings. The third kappa shape index (κ3) is 2.41. The van der Waals surface area contributed by atoms with Gasteiger partial charge in [-0.25, -0.2) is 0 Å². The Hall–Kier alpha value is -1.61. The van der Waals surface area contributed by atoms with Crippen molar-refractivity contribution in [3.05, 3.63) is 41.0 Å². The van der Waals surface area contributed by atoms with Gasteiger partial charge in [0, 0.05) is 6.08 Å². The van der Waals surface area contributed by atoms with Crippen LogP contribution in [0.1, 0.15) is 61.6 Å². The van der Waals surface area contributed by atoms with Crippen LogP contribution in [0.3, 0.4) is 0 Å². The third-order valence-corrected chi connectivity index (χ3v) is 7.14. The number of amides is 1. The summed E-state index contributed by atoms with van der Waals surface area (Å²) in [5.41, 5.74) is 9.33. The van der Waals surface area contributed by atoms with Crippen molar-refractivity contribution in [1.82, 2.24) is 0 Å². The summed E-state index contributed by atoms with van der Waals surface area (Å²) in [6, 6.07) is 6.60. The van der Waals surface area contributed by atoms with E-state index in [0.717, 1.165) is 30.7 Å². The minimum atomic E-state index is -0.404. The van der Waals surface area contributed by atoms with Crippen molar-refractivity contribution < 1.29 is 9.90 Å². The van der Waals surface area contributed by atoms with Gasteiger partial charge in [-0.3, -0.25) is 4.79 Å². The molecule has 2 fully saturated rings. The summed E-state index contributed by atoms with van der Waals surface area (Å²) in [5.74, 6) is 1.64. The summed E-state index contributed by atoms with van der Waals surface area (Å²) >= 11 is 0. The number of aliphatic hydroxyl groups is 1. The smallest absolute Gasteiger partial charge is 0.241 e. The minimum absolute atomic E-state index is 0.105. The molecule has 0 bridgehead atoms. The molecular formula is C21H27NO2. The Morgan fingerprint density at radius 3 is 2.92 bits per heavy atom. The maximum absolute atomic E-state index is 10.9. The fraction of sp³-hybridized carbons (Fsp3) is 0.571. The molecule has 3 heteroatoms. The predicted octanol–water partition coefficient (Wildman–Crippen LogP) is 3.40. The Morgan fingerprint density at radius 2 is 2.12 bits per heavy atom. The molecule has 24 heavy (non-hydrogen) atoms. The molecule has 0 saturated heterocycles. The van der Waals surface area contributed by atoms with Gasteiger partial charge >= 0.3 is 0 Å². The largest absolute Gasteiger partial charge is 0.393 e. The van der Waals surface area contributed by atoms with Gasteiger partial charge in [-0.15, -0.1) is 0 Å². The van der Waals surface area contributed by atoms with E-state index in [9.17, 15) is 9.90 Å². The van der Waals surface area contributed by atoms with Crippen molar-refractivity contribution in [3.63, 3.8) is 0 Å². The lowest BCUT2D eigenvalue weighted by Crippen LogP contribution is -2.43. The number of aliphatic hydroxyl groups excluding tert-OH is 1. The summed E-state index contributed by atoms with van der Waals surface area (Å²) in [4.78, 5) is 10.9. The van der Waals surface area contributed by atoms with E-state index in [0.29, 0.717) is 11.8 Å². The van der Waals surface area contributed by atoms with Crippen LogP contribution < -0.4 is 5.73 Å². The molecule has 3 N–H and O–H groups in total. The van der Waals surface area contributed by atoms with Gasteiger partial charge in [0.1, 0.15) is 0 Å². The number of hydrogen-bond acceptors (Lipinski definition) is 2. The lowest BCUT2D eigenvalue weighted by atomic mass is 9.55. The molecule has 0 spiro atoms. The monoisotopic (exact) mass is 325 g/mol. The van der Waals surface area contributed by atoms with Crippen molar-refractivity contribution in [1.29, 1.82) is 0 Å². The number of rotatable bonds is 2. The number of primary amides is 1. The fourth-order valence-corrected chi connectivity index (χ4v) is 5.86. The van der Waals surface area contributed by atoms with E-state index in [1.165, 1.54) is 36.5 Å². The average molecular weight is 325 g/mol. The molecule has 2 saturated carbocycles. The molecule has 0 heterocycles. The Kier molecular flexibility index (Phi) is 3.80. The highest BCUT2D eigenvalue weighted by molar-refractivity contribution is 5.90. The number of carbonyl (C=O) groups is 1. The lowest BCUT2D eigenvalue weighted by Gasteiger charge is -2.50. The molecule has 128 valence electrons. The average Bonchev–Trinajstić information content (AvgIpc) is 2.88. The highest BCUT2D eigenvalue weighted by Gasteiger charge is 2.54. The second kappa shape index (κ2) is 5.73. The highest BCUT2D eigenvalue weighted by Crippen LogP contribution is 2.60. The number of benzene rings is 1. The van der Waals surface area contributed by atoms with E-state index < -0.39 is 5.91 Å². The van der Waals surface area contributed by atoms with Gasteiger partial charge < -0.3 is 10.8 Å². The summed E-state index contributed by atoms with van der Waals surface area (Å²) in [7, 11) is 0. The van der Waals surface area contributed by atoms with E-state index in [-0.39, 0.29) is 11.5 Å². The molecule has 4 rings (SSSR count). The van der Waals surface area contributed by atoms with Gasteiger partial charge in [-0.1, -0.05) is 25.1 Å². The minimum Gasteiger partial charge on any atom is -0.393 e. The Bertz CT molecular complexity index is 695. The molecular weight excluding hydrogens is 298 g/mol. The van der Waals surface area contributed by atoms with Crippen LogP contribution in [0, 0.1) is 17.3 Å². The van der Waals surface area contributed by atoms with Crippen molar-refractivity contribution >= 4 is 12.0 Å². The quantitative estimate of drug-likeness (QED) is 0.819. The van der Waals surface area contributed by atoms with Crippen LogP contribution in [0.15, 0.2) is 24.3 Å². The van der Waals surface area contributed by atoms with Gasteiger partial charge in [0.25, 0.3) is 0 Å². The van der Waals surface area contributed by atoms with Crippen LogP contribution in [-0.4, -0.2) is 17.1 Å². The maximum Gasteiger partial charge on any atom is 0.241 e. The second-order valence-electron chi connectivity index (χ2n) is 8.25. The Labute approximate surface area is 143 Å². The molecule has 0 unspecified atom stereocenters. The van der Waals surface area contributed by atoms with Gasteiger partial charge in [0.2, 0.25) is 5.91 Å². The first-order chi connectivity index (χ1) is 11.5. The zero-order valence-electron chi connectivity index (χ0n) is 14.4. The van der Waals surface area contributed by atoms with E-state index in [1.807, 2.05) is 0 Å². The van der Waals surface area contributed by atoms with Crippen molar-refractivity contribution in [2.24, 2.45) is 23.0 Å². The molecule has 3 aliphatic carbocycles. The zero-order valence-corrected chi connectivity index (χ0v) is 14.4. The van der Waals surface area contributed by atoms with Gasteiger partial charge in [-0.2, -0.15) is 0 Å². The van der Waals surface area contributed by atoms with Crippen LogP contribution in [0.2, 0.25) is 0 Å². The standard InChI is InChI=1S/C21H27NO2/c1-21-11-10-16-15-5-2-13(3-9-20(22)24)12-14(15)4-6-17(16)18(21)7-8-19(21)23/h2-3,5,9,12,16-19,23H,4,6-8,10-11H2,1H3,(H2,22,24)/b9-3+/t16-,17-,18+,19+,21+/m1/s1. The van der Waals surface area contributed by atoms with Gasteiger partial charge in [0.05, 0.1) is 6.10 Å². The van der Waals surface area contributed by atoms with Gasteiger partial charge in [-0.05, 0) is 84.5 Å². The fourth-order valence-electron chi connectivity index (χ4n) is 5.86. The highest BCUT2D eigenvalue weighted by atomic mass is 16.3.